The normalized spacial score (nSPS) is 20.4. The average Bonchev–Trinajstić information content (AvgIpc) is 3.74. The number of nitrogen functional groups attached to an aromatic ring is 1. The van der Waals surface area contributed by atoms with Crippen LogP contribution in [0, 0.1) is 24.7 Å². The standard InChI is InChI=1S/C34H42ClN7O3/c1-23-9-10-29(17-31(23)35)41(33(44)25-11-15-39(16-12-25)24(2)43)14-6-13-38-19-26-21-40(22-27(26)20-38)34(45)30-18-37-42(32(30)36)28-7-4-3-5-8-28/h3-5,7-10,17-18,25-27H,6,11-16,19-22,36H2,1-2H3. The summed E-state index contributed by atoms with van der Waals surface area (Å²) in [4.78, 5) is 47.1. The van der Waals surface area contributed by atoms with Crippen LogP contribution in [-0.4, -0.2) is 94.6 Å². The van der Waals surface area contributed by atoms with Gasteiger partial charge in [-0.05, 0) is 74.4 Å². The predicted octanol–water partition coefficient (Wildman–Crippen LogP) is 4.10. The van der Waals surface area contributed by atoms with E-state index in [1.165, 1.54) is 0 Å². The van der Waals surface area contributed by atoms with Crippen molar-refractivity contribution < 1.29 is 14.4 Å². The van der Waals surface area contributed by atoms with Gasteiger partial charge in [0.2, 0.25) is 11.8 Å². The Bertz CT molecular complexity index is 1540. The summed E-state index contributed by atoms with van der Waals surface area (Å²) in [5.74, 6) is 1.21. The number of halogens is 1. The fraction of sp³-hybridized carbons (Fsp3) is 0.471. The van der Waals surface area contributed by atoms with E-state index >= 15 is 0 Å². The first-order chi connectivity index (χ1) is 21.7. The number of aromatic nitrogens is 2. The third-order valence-corrected chi connectivity index (χ3v) is 10.2. The number of fused-ring (bicyclic) bond motifs is 1. The summed E-state index contributed by atoms with van der Waals surface area (Å²) in [6.45, 7) is 9.54. The summed E-state index contributed by atoms with van der Waals surface area (Å²) in [5.41, 5.74) is 9.44. The van der Waals surface area contributed by atoms with Crippen LogP contribution in [0.1, 0.15) is 42.1 Å². The second-order valence-electron chi connectivity index (χ2n) is 12.7. The van der Waals surface area contributed by atoms with Crippen LogP contribution in [0.5, 0.6) is 0 Å². The number of carbonyl (C=O) groups excluding carboxylic acids is 3. The molecule has 0 aliphatic carbocycles. The molecule has 2 atom stereocenters. The lowest BCUT2D eigenvalue weighted by Gasteiger charge is -2.34. The van der Waals surface area contributed by atoms with E-state index in [9.17, 15) is 14.4 Å². The number of hydrogen-bond donors (Lipinski definition) is 1. The molecule has 11 heteroatoms. The van der Waals surface area contributed by atoms with E-state index < -0.39 is 0 Å². The number of aryl methyl sites for hydroxylation is 1. The topological polar surface area (TPSA) is 108 Å². The molecule has 6 rings (SSSR count). The van der Waals surface area contributed by atoms with Gasteiger partial charge in [0.15, 0.2) is 0 Å². The molecule has 3 saturated heterocycles. The van der Waals surface area contributed by atoms with Crippen molar-refractivity contribution in [3.8, 4) is 5.69 Å². The number of para-hydroxylation sites is 1. The Labute approximate surface area is 269 Å². The lowest BCUT2D eigenvalue weighted by Crippen LogP contribution is -2.44. The monoisotopic (exact) mass is 631 g/mol. The predicted molar refractivity (Wildman–Crippen MR) is 175 cm³/mol. The van der Waals surface area contributed by atoms with Crippen LogP contribution >= 0.6 is 11.6 Å². The van der Waals surface area contributed by atoms with Crippen molar-refractivity contribution in [1.82, 2.24) is 24.5 Å². The maximum Gasteiger partial charge on any atom is 0.259 e. The highest BCUT2D eigenvalue weighted by molar-refractivity contribution is 6.31. The highest BCUT2D eigenvalue weighted by atomic mass is 35.5. The fourth-order valence-electron chi connectivity index (χ4n) is 7.14. The van der Waals surface area contributed by atoms with E-state index in [0.717, 1.165) is 43.0 Å². The van der Waals surface area contributed by atoms with Crippen molar-refractivity contribution in [2.45, 2.75) is 33.1 Å². The van der Waals surface area contributed by atoms with Crippen molar-refractivity contribution in [1.29, 1.82) is 0 Å². The molecule has 0 bridgehead atoms. The van der Waals surface area contributed by atoms with Gasteiger partial charge in [0.1, 0.15) is 11.4 Å². The number of nitrogens with zero attached hydrogens (tertiary/aromatic N) is 6. The van der Waals surface area contributed by atoms with E-state index in [1.54, 1.807) is 17.8 Å². The highest BCUT2D eigenvalue weighted by Gasteiger charge is 2.42. The molecule has 3 aromatic rings. The van der Waals surface area contributed by atoms with Gasteiger partial charge in [-0.15, -0.1) is 0 Å². The molecular weight excluding hydrogens is 590 g/mol. The molecule has 3 amide bonds. The minimum atomic E-state index is -0.107. The quantitative estimate of drug-likeness (QED) is 0.401. The Morgan fingerprint density at radius 1 is 0.978 bits per heavy atom. The van der Waals surface area contributed by atoms with Crippen molar-refractivity contribution in [3.05, 3.63) is 70.9 Å². The lowest BCUT2D eigenvalue weighted by molar-refractivity contribution is -0.133. The van der Waals surface area contributed by atoms with Crippen molar-refractivity contribution in [2.24, 2.45) is 17.8 Å². The molecule has 2 aromatic carbocycles. The smallest absolute Gasteiger partial charge is 0.259 e. The number of carbonyl (C=O) groups is 3. The summed E-state index contributed by atoms with van der Waals surface area (Å²) in [6, 6.07) is 15.4. The fourth-order valence-corrected chi connectivity index (χ4v) is 7.31. The van der Waals surface area contributed by atoms with E-state index in [1.807, 2.05) is 70.2 Å². The molecule has 2 N–H and O–H groups in total. The van der Waals surface area contributed by atoms with Gasteiger partial charge in [0.25, 0.3) is 5.91 Å². The van der Waals surface area contributed by atoms with Gasteiger partial charge in [-0.2, -0.15) is 5.10 Å². The SMILES string of the molecule is CC(=O)N1CCC(C(=O)N(CCCN2CC3CN(C(=O)c4cnn(-c5ccccc5)c4N)CC3C2)c2ccc(C)c(Cl)c2)CC1. The highest BCUT2D eigenvalue weighted by Crippen LogP contribution is 2.33. The molecule has 2 unspecified atom stereocenters. The summed E-state index contributed by atoms with van der Waals surface area (Å²) in [5, 5.41) is 5.03. The van der Waals surface area contributed by atoms with Crippen molar-refractivity contribution >= 4 is 40.8 Å². The Balaban J connectivity index is 1.03. The Hall–Kier alpha value is -3.89. The van der Waals surface area contributed by atoms with Gasteiger partial charge in [-0.3, -0.25) is 14.4 Å². The summed E-state index contributed by atoms with van der Waals surface area (Å²) < 4.78 is 1.61. The molecule has 3 aliphatic rings. The van der Waals surface area contributed by atoms with Gasteiger partial charge in [-0.25, -0.2) is 4.68 Å². The van der Waals surface area contributed by atoms with Crippen LogP contribution in [0.25, 0.3) is 5.69 Å². The molecule has 3 fully saturated rings. The third-order valence-electron chi connectivity index (χ3n) is 9.77. The third kappa shape index (κ3) is 6.58. The molecule has 10 nitrogen and oxygen atoms in total. The number of piperidine rings is 1. The van der Waals surface area contributed by atoms with Crippen LogP contribution in [-0.2, 0) is 9.59 Å². The molecule has 0 spiro atoms. The minimum absolute atomic E-state index is 0.0596. The average molecular weight is 632 g/mol. The number of benzene rings is 2. The Kier molecular flexibility index (Phi) is 9.14. The molecule has 4 heterocycles. The zero-order chi connectivity index (χ0) is 31.7. The van der Waals surface area contributed by atoms with Gasteiger partial charge in [0, 0.05) is 69.4 Å². The number of nitrogens with two attached hydrogens (primary N) is 1. The van der Waals surface area contributed by atoms with Gasteiger partial charge in [0.05, 0.1) is 11.9 Å². The summed E-state index contributed by atoms with van der Waals surface area (Å²) in [7, 11) is 0. The maximum absolute atomic E-state index is 13.8. The van der Waals surface area contributed by atoms with Gasteiger partial charge < -0.3 is 25.3 Å². The first kappa shape index (κ1) is 31.1. The van der Waals surface area contributed by atoms with Crippen molar-refractivity contribution in [3.63, 3.8) is 0 Å². The molecular formula is C34H42ClN7O3. The number of anilines is 2. The number of hydrogen-bond acceptors (Lipinski definition) is 6. The first-order valence-electron chi connectivity index (χ1n) is 15.9. The Morgan fingerprint density at radius 3 is 2.31 bits per heavy atom. The summed E-state index contributed by atoms with van der Waals surface area (Å²) in [6.07, 6.45) is 3.77. The molecule has 45 heavy (non-hydrogen) atoms. The number of rotatable bonds is 8. The maximum atomic E-state index is 13.8. The zero-order valence-electron chi connectivity index (χ0n) is 26.1. The second-order valence-corrected chi connectivity index (χ2v) is 13.1. The second kappa shape index (κ2) is 13.2. The van der Waals surface area contributed by atoms with Crippen LogP contribution in [0.2, 0.25) is 5.02 Å². The molecule has 238 valence electrons. The first-order valence-corrected chi connectivity index (χ1v) is 16.3. The molecule has 0 saturated carbocycles. The lowest BCUT2D eigenvalue weighted by atomic mass is 9.94. The zero-order valence-corrected chi connectivity index (χ0v) is 26.8. The van der Waals surface area contributed by atoms with Gasteiger partial charge in [-0.1, -0.05) is 35.9 Å². The van der Waals surface area contributed by atoms with E-state index in [4.69, 9.17) is 17.3 Å². The molecule has 3 aliphatic heterocycles. The summed E-state index contributed by atoms with van der Waals surface area (Å²) >= 11 is 6.48. The minimum Gasteiger partial charge on any atom is -0.383 e. The van der Waals surface area contributed by atoms with Gasteiger partial charge >= 0.3 is 0 Å². The number of likely N-dealkylation sites (tertiary alicyclic amines) is 3. The van der Waals surface area contributed by atoms with Crippen LogP contribution < -0.4 is 10.6 Å². The van der Waals surface area contributed by atoms with Crippen molar-refractivity contribution in [2.75, 3.05) is 63.0 Å². The molecule has 0 radical (unpaired) electrons. The van der Waals surface area contributed by atoms with Crippen LogP contribution in [0.4, 0.5) is 11.5 Å². The van der Waals surface area contributed by atoms with Crippen LogP contribution in [0.3, 0.4) is 0 Å². The largest absolute Gasteiger partial charge is 0.383 e. The Morgan fingerprint density at radius 2 is 1.67 bits per heavy atom. The van der Waals surface area contributed by atoms with E-state index in [-0.39, 0.29) is 23.6 Å². The van der Waals surface area contributed by atoms with Crippen LogP contribution in [0.15, 0.2) is 54.7 Å². The van der Waals surface area contributed by atoms with E-state index in [0.29, 0.717) is 73.8 Å². The number of amides is 3. The van der Waals surface area contributed by atoms with E-state index in [2.05, 4.69) is 10.00 Å². The molecule has 1 aromatic heterocycles.